The lowest BCUT2D eigenvalue weighted by atomic mass is 9.33. The summed E-state index contributed by atoms with van der Waals surface area (Å²) in [7, 11) is 0. The predicted molar refractivity (Wildman–Crippen MR) is 358 cm³/mol. The molecule has 0 aromatic rings. The molecule has 0 spiro atoms. The van der Waals surface area contributed by atoms with Crippen molar-refractivity contribution in [2.24, 2.45) is 50.2 Å². The molecule has 0 aromatic heterocycles. The van der Waals surface area contributed by atoms with E-state index in [4.69, 9.17) is 66.3 Å². The summed E-state index contributed by atoms with van der Waals surface area (Å²) in [5, 5.41) is 211. The number of ether oxygens (including phenoxy) is 14. The maximum absolute atomic E-state index is 16.3. The van der Waals surface area contributed by atoms with Gasteiger partial charge in [-0.15, -0.1) is 0 Å². The molecule has 0 bridgehead atoms. The Morgan fingerprint density at radius 1 is 0.514 bits per heavy atom. The van der Waals surface area contributed by atoms with E-state index in [0.717, 1.165) is 5.57 Å². The number of carboxylic acids is 1. The van der Waals surface area contributed by atoms with Crippen molar-refractivity contribution in [3.05, 3.63) is 11.6 Å². The van der Waals surface area contributed by atoms with Crippen molar-refractivity contribution >= 4 is 23.9 Å². The lowest BCUT2D eigenvalue weighted by Gasteiger charge is -2.71. The van der Waals surface area contributed by atoms with Crippen LogP contribution in [0.1, 0.15) is 133 Å². The summed E-state index contributed by atoms with van der Waals surface area (Å²) in [6.45, 7) is 14.0. The van der Waals surface area contributed by atoms with Gasteiger partial charge in [0.25, 0.3) is 0 Å². The molecule has 19 N–H and O–H groups in total. The number of hydrogen-bond donors (Lipinski definition) is 19. The highest BCUT2D eigenvalue weighted by atomic mass is 16.8. The summed E-state index contributed by atoms with van der Waals surface area (Å²) >= 11 is 0. The van der Waals surface area contributed by atoms with E-state index < -0.39 is 316 Å². The first-order valence-electron chi connectivity index (χ1n) is 37.7. The summed E-state index contributed by atoms with van der Waals surface area (Å²) in [6.07, 6.45) is -55.8. The zero-order valence-electron chi connectivity index (χ0n) is 62.6. The van der Waals surface area contributed by atoms with E-state index in [1.807, 2.05) is 33.8 Å². The summed E-state index contributed by atoms with van der Waals surface area (Å²) in [5.74, 6) is -6.43. The molecule has 37 nitrogen and oxygen atoms in total. The van der Waals surface area contributed by atoms with E-state index in [9.17, 15) is 111 Å². The maximum atomic E-state index is 16.3. The van der Waals surface area contributed by atoms with Crippen LogP contribution in [0, 0.1) is 50.2 Å². The first kappa shape index (κ1) is 86.3. The number of hydrogen-bond acceptors (Lipinski definition) is 36. The minimum atomic E-state index is -2.16. The summed E-state index contributed by atoms with van der Waals surface area (Å²) in [6, 6.07) is 0. The number of allylic oxidation sites excluding steroid dienone is 2. The van der Waals surface area contributed by atoms with Crippen LogP contribution in [0.2, 0.25) is 0 Å². The van der Waals surface area contributed by atoms with Crippen molar-refractivity contribution in [2.45, 2.75) is 336 Å². The van der Waals surface area contributed by atoms with E-state index in [2.05, 4.69) is 6.92 Å². The SMILES string of the molecule is CC(O)CC(=O)OC(C)CC(=O)O[C@@H]1[C@H](O[C@@H]2OC[C@H](O)[C@H](O)[C@H]2O)[C@@H](O[C@@H]2O[C@@H](C)[C@H](O[C@@H]3OC[C@@H](O)[C@H](O)[C@H]3O)[C@@H](O)[C@H]2O)[C@H](OC(=O)[C@]23CCC(C)(C)C[C@H]2C2=CC[C@@H]4[C@@]5(C)C[C@H](O)[C@H](O[C@@H]6O[C@H](CO)[C@@H](O[C@@H]7O[C@H](CO)[C@@H](O)[C@H](O)[C@H]7O)[C@H](O)[C@H]6O)[C@@](C)(C(=O)O)[C@@H]5CC[C@@]4(C)[C@]2(C)C[C@H]3O)O[C@@H]1C. The Morgan fingerprint density at radius 2 is 1.04 bits per heavy atom. The molecule has 4 saturated carbocycles. The number of rotatable bonds is 21. The van der Waals surface area contributed by atoms with Crippen molar-refractivity contribution in [1.29, 1.82) is 0 Å². The fourth-order valence-electron chi connectivity index (χ4n) is 20.1. The number of esters is 3. The van der Waals surface area contributed by atoms with Gasteiger partial charge in [0, 0.05) is 0 Å². The molecule has 624 valence electrons. The first-order chi connectivity index (χ1) is 50.9. The Balaban J connectivity index is 0.898. The second-order valence-electron chi connectivity index (χ2n) is 34.0. The summed E-state index contributed by atoms with van der Waals surface area (Å²) in [5.41, 5.74) is -6.46. The predicted octanol–water partition coefficient (Wildman–Crippen LogP) is -5.40. The van der Waals surface area contributed by atoms with E-state index in [1.54, 1.807) is 0 Å². The minimum Gasteiger partial charge on any atom is -0.481 e. The van der Waals surface area contributed by atoms with E-state index in [1.165, 1.54) is 34.6 Å². The number of aliphatic hydroxyl groups excluding tert-OH is 18. The number of aliphatic hydroxyl groups is 18. The average molecular weight is 1570 g/mol. The number of carboxylic acid groups (broad SMARTS) is 1. The van der Waals surface area contributed by atoms with Gasteiger partial charge in [0.05, 0.1) is 75.2 Å². The zero-order valence-corrected chi connectivity index (χ0v) is 62.6. The molecule has 0 amide bonds. The second kappa shape index (κ2) is 32.9. The molecule has 10 fully saturated rings. The molecule has 6 saturated heterocycles. The highest BCUT2D eigenvalue weighted by molar-refractivity contribution is 5.80. The molecule has 41 atom stereocenters. The largest absolute Gasteiger partial charge is 0.481 e. The van der Waals surface area contributed by atoms with Crippen LogP contribution < -0.4 is 0 Å². The average Bonchev–Trinajstić information content (AvgIpc) is 0.667. The lowest BCUT2D eigenvalue weighted by Crippen LogP contribution is -2.71. The van der Waals surface area contributed by atoms with Crippen molar-refractivity contribution in [3.8, 4) is 0 Å². The van der Waals surface area contributed by atoms with Crippen LogP contribution in [0.4, 0.5) is 0 Å². The molecule has 37 heteroatoms. The monoisotopic (exact) mass is 1570 g/mol. The van der Waals surface area contributed by atoms with Crippen LogP contribution in [0.5, 0.6) is 0 Å². The van der Waals surface area contributed by atoms with Crippen molar-refractivity contribution in [3.63, 3.8) is 0 Å². The van der Waals surface area contributed by atoms with Crippen LogP contribution in [0.15, 0.2) is 11.6 Å². The van der Waals surface area contributed by atoms with Crippen LogP contribution in [0.3, 0.4) is 0 Å². The Labute approximate surface area is 628 Å². The quantitative estimate of drug-likeness (QED) is 0.0221. The number of aliphatic carboxylic acids is 1. The van der Waals surface area contributed by atoms with Gasteiger partial charge in [-0.25, -0.2) is 0 Å². The van der Waals surface area contributed by atoms with Crippen molar-refractivity contribution in [1.82, 2.24) is 0 Å². The maximum Gasteiger partial charge on any atom is 0.317 e. The third-order valence-electron chi connectivity index (χ3n) is 26.4. The molecule has 11 rings (SSSR count). The number of carbonyl (C=O) groups excluding carboxylic acids is 3. The Bertz CT molecular complexity index is 3200. The molecule has 0 radical (unpaired) electrons. The fourth-order valence-corrected chi connectivity index (χ4v) is 20.1. The molecular formula is C72H114O37. The van der Waals surface area contributed by atoms with E-state index in [0.29, 0.717) is 12.8 Å². The van der Waals surface area contributed by atoms with Crippen LogP contribution in [-0.4, -0.2) is 350 Å². The minimum absolute atomic E-state index is 0.00514. The highest BCUT2D eigenvalue weighted by Gasteiger charge is 2.75. The van der Waals surface area contributed by atoms with Gasteiger partial charge in [0.15, 0.2) is 43.7 Å². The smallest absolute Gasteiger partial charge is 0.317 e. The van der Waals surface area contributed by atoms with Gasteiger partial charge >= 0.3 is 23.9 Å². The van der Waals surface area contributed by atoms with Gasteiger partial charge in [-0.05, 0) is 125 Å². The standard InChI is InChI=1S/C72H114O37/c1-26(75)17-40(80)98-27(2)18-41(81)103-54-29(4)100-64(57(56(54)106-60-49(89)43(83)34(78)25-97-60)107-61-51(91)46(86)53(28(3)99-61)104-59-48(88)42(82)33(77)24-96-59)109-66(95)72-16-15-67(5,6)19-31(72)30-11-12-37-68(7)20-32(76)58(71(10,65(93)94)38(68)13-14-69(37,8)70(30,9)21-39(72)79)108-63-52(92)47(87)55(36(23-74)102-63)105-62-50(90)45(85)44(84)35(22-73)101-62/h11,26-29,31-39,42-64,73-79,82-92H,12-25H2,1-10H3,(H,93,94)/t26?,27?,28-,29+,31-,32-,33+,34-,35+,36+,37+,38+,39+,42-,43-,44+,45-,46-,47+,48+,49+,50+,51+,52+,53-,54-,55+,56-,57+,58-,59-,60-,61-,62-,63-,64-,68+,69+,70+,71-,72+/m0/s1. The Morgan fingerprint density at radius 3 is 1.63 bits per heavy atom. The fraction of sp³-hybridized carbons (Fsp3) is 0.917. The lowest BCUT2D eigenvalue weighted by molar-refractivity contribution is -0.388. The summed E-state index contributed by atoms with van der Waals surface area (Å²) < 4.78 is 84.3. The molecule has 11 aliphatic rings. The molecule has 109 heavy (non-hydrogen) atoms. The highest BCUT2D eigenvalue weighted by Crippen LogP contribution is 2.76. The van der Waals surface area contributed by atoms with Gasteiger partial charge in [-0.2, -0.15) is 0 Å². The molecule has 6 heterocycles. The van der Waals surface area contributed by atoms with Gasteiger partial charge < -0.3 is 163 Å². The zero-order chi connectivity index (χ0) is 80.2. The third-order valence-corrected chi connectivity index (χ3v) is 26.4. The second-order valence-corrected chi connectivity index (χ2v) is 34.0. The van der Waals surface area contributed by atoms with Gasteiger partial charge in [0.2, 0.25) is 6.29 Å². The topological polar surface area (TPSA) is 582 Å². The number of carbonyl (C=O) groups is 4. The summed E-state index contributed by atoms with van der Waals surface area (Å²) in [4.78, 5) is 57.3. The Hall–Kier alpha value is -3.54. The third kappa shape index (κ3) is 15.7. The molecular weight excluding hydrogens is 1460 g/mol. The number of fused-ring (bicyclic) bond motifs is 7. The molecule has 0 aromatic carbocycles. The van der Waals surface area contributed by atoms with Crippen LogP contribution >= 0.6 is 0 Å². The molecule has 6 aliphatic heterocycles. The van der Waals surface area contributed by atoms with Crippen LogP contribution in [0.25, 0.3) is 0 Å². The van der Waals surface area contributed by atoms with Crippen molar-refractivity contribution in [2.75, 3.05) is 26.4 Å². The van der Waals surface area contributed by atoms with Gasteiger partial charge in [0.1, 0.15) is 127 Å². The Kier molecular flexibility index (Phi) is 26.0. The normalized spacial score (nSPS) is 51.1. The van der Waals surface area contributed by atoms with Crippen molar-refractivity contribution < 1.29 is 183 Å². The van der Waals surface area contributed by atoms with Gasteiger partial charge in [-0.3, -0.25) is 19.2 Å². The van der Waals surface area contributed by atoms with E-state index in [-0.39, 0.29) is 38.5 Å². The first-order valence-corrected chi connectivity index (χ1v) is 37.7. The van der Waals surface area contributed by atoms with Gasteiger partial charge in [-0.1, -0.05) is 46.3 Å². The van der Waals surface area contributed by atoms with E-state index >= 15 is 4.79 Å². The van der Waals surface area contributed by atoms with Crippen LogP contribution in [-0.2, 0) is 85.5 Å². The molecule has 2 unspecified atom stereocenters. The molecule has 5 aliphatic carbocycles.